The van der Waals surface area contributed by atoms with E-state index in [1.165, 1.54) is 0 Å². The predicted molar refractivity (Wildman–Crippen MR) is 84.7 cm³/mol. The maximum atomic E-state index is 11.8. The van der Waals surface area contributed by atoms with Gasteiger partial charge in [0.15, 0.2) is 11.5 Å². The van der Waals surface area contributed by atoms with Crippen molar-refractivity contribution in [3.8, 4) is 11.5 Å². The maximum absolute atomic E-state index is 11.8. The zero-order valence-electron chi connectivity index (χ0n) is 11.8. The molecule has 0 bridgehead atoms. The summed E-state index contributed by atoms with van der Waals surface area (Å²) in [5.41, 5.74) is 1.62. The molecule has 0 aromatic heterocycles. The van der Waals surface area contributed by atoms with Crippen LogP contribution in [0.4, 0.5) is 10.5 Å². The number of ether oxygens (including phenoxy) is 2. The number of fused-ring (bicyclic) bond motifs is 1. The Kier molecular flexibility index (Phi) is 4.34. The molecule has 0 atom stereocenters. The van der Waals surface area contributed by atoms with E-state index < -0.39 is 0 Å². The first kappa shape index (κ1) is 14.5. The van der Waals surface area contributed by atoms with Crippen LogP contribution in [0.15, 0.2) is 42.5 Å². The molecule has 0 saturated carbocycles. The molecule has 2 amide bonds. The highest BCUT2D eigenvalue weighted by Gasteiger charge is 2.12. The van der Waals surface area contributed by atoms with E-state index in [1.807, 2.05) is 18.2 Å². The van der Waals surface area contributed by atoms with Gasteiger partial charge in [-0.1, -0.05) is 17.7 Å². The van der Waals surface area contributed by atoms with E-state index in [0.717, 1.165) is 11.3 Å². The van der Waals surface area contributed by atoms with Gasteiger partial charge in [-0.05, 0) is 42.0 Å². The summed E-state index contributed by atoms with van der Waals surface area (Å²) in [6.07, 6.45) is 0. The van der Waals surface area contributed by atoms with Crippen molar-refractivity contribution in [2.24, 2.45) is 0 Å². The van der Waals surface area contributed by atoms with E-state index in [4.69, 9.17) is 21.1 Å². The number of hydrogen-bond donors (Lipinski definition) is 2. The first-order chi connectivity index (χ1) is 10.7. The van der Waals surface area contributed by atoms with Crippen LogP contribution in [0.2, 0.25) is 5.02 Å². The predicted octanol–water partition coefficient (Wildman–Crippen LogP) is 3.43. The molecule has 1 heterocycles. The van der Waals surface area contributed by atoms with E-state index in [1.54, 1.807) is 24.3 Å². The number of rotatable bonds is 3. The Hall–Kier alpha value is -2.40. The molecule has 0 radical (unpaired) electrons. The molecule has 1 aliphatic rings. The minimum Gasteiger partial charge on any atom is -0.486 e. The molecule has 2 N–H and O–H groups in total. The molecule has 0 saturated heterocycles. The lowest BCUT2D eigenvalue weighted by Crippen LogP contribution is -2.28. The van der Waals surface area contributed by atoms with Crippen molar-refractivity contribution in [2.45, 2.75) is 6.54 Å². The molecular weight excluding hydrogens is 304 g/mol. The topological polar surface area (TPSA) is 59.6 Å². The summed E-state index contributed by atoms with van der Waals surface area (Å²) < 4.78 is 11.0. The van der Waals surface area contributed by atoms with Gasteiger partial charge in [-0.2, -0.15) is 0 Å². The zero-order valence-corrected chi connectivity index (χ0v) is 12.5. The SMILES string of the molecule is O=C(NCc1ccc2c(c1)OCCO2)Nc1ccc(Cl)cc1. The largest absolute Gasteiger partial charge is 0.486 e. The molecule has 2 aromatic carbocycles. The van der Waals surface area contributed by atoms with Gasteiger partial charge in [-0.25, -0.2) is 4.79 Å². The quantitative estimate of drug-likeness (QED) is 0.911. The normalized spacial score (nSPS) is 12.6. The van der Waals surface area contributed by atoms with E-state index in [2.05, 4.69) is 10.6 Å². The Bertz CT molecular complexity index is 674. The molecule has 3 rings (SSSR count). The van der Waals surface area contributed by atoms with E-state index >= 15 is 0 Å². The molecule has 22 heavy (non-hydrogen) atoms. The zero-order chi connectivity index (χ0) is 15.4. The van der Waals surface area contributed by atoms with E-state index in [-0.39, 0.29) is 6.03 Å². The Labute approximate surface area is 133 Å². The third-order valence-electron chi connectivity index (χ3n) is 3.16. The number of anilines is 1. The molecule has 6 heteroatoms. The number of urea groups is 1. The van der Waals surface area contributed by atoms with Crippen molar-refractivity contribution in [3.63, 3.8) is 0 Å². The monoisotopic (exact) mass is 318 g/mol. The fourth-order valence-corrected chi connectivity index (χ4v) is 2.21. The minimum atomic E-state index is -0.280. The third kappa shape index (κ3) is 3.62. The van der Waals surface area contributed by atoms with Crippen LogP contribution in [0.1, 0.15) is 5.56 Å². The van der Waals surface area contributed by atoms with Crippen LogP contribution in [-0.4, -0.2) is 19.2 Å². The van der Waals surface area contributed by atoms with Gasteiger partial charge in [0.1, 0.15) is 13.2 Å². The second kappa shape index (κ2) is 6.58. The van der Waals surface area contributed by atoms with Gasteiger partial charge in [-0.3, -0.25) is 0 Å². The molecule has 0 fully saturated rings. The second-order valence-corrected chi connectivity index (χ2v) is 5.23. The number of carbonyl (C=O) groups is 1. The van der Waals surface area contributed by atoms with Crippen molar-refractivity contribution in [2.75, 3.05) is 18.5 Å². The van der Waals surface area contributed by atoms with E-state index in [0.29, 0.717) is 36.2 Å². The van der Waals surface area contributed by atoms with Gasteiger partial charge in [0.05, 0.1) is 0 Å². The maximum Gasteiger partial charge on any atom is 0.319 e. The Morgan fingerprint density at radius 2 is 1.77 bits per heavy atom. The number of benzene rings is 2. The van der Waals surface area contributed by atoms with Gasteiger partial charge >= 0.3 is 6.03 Å². The number of halogens is 1. The number of nitrogens with one attached hydrogen (secondary N) is 2. The molecule has 0 spiro atoms. The molecular formula is C16H15ClN2O3. The summed E-state index contributed by atoms with van der Waals surface area (Å²) in [6, 6.07) is 12.3. The summed E-state index contributed by atoms with van der Waals surface area (Å²) in [5, 5.41) is 6.15. The highest BCUT2D eigenvalue weighted by Crippen LogP contribution is 2.30. The first-order valence-corrected chi connectivity index (χ1v) is 7.27. The number of amides is 2. The van der Waals surface area contributed by atoms with Crippen molar-refractivity contribution in [1.29, 1.82) is 0 Å². The van der Waals surface area contributed by atoms with Gasteiger partial charge in [0.25, 0.3) is 0 Å². The average molecular weight is 319 g/mol. The van der Waals surface area contributed by atoms with Crippen LogP contribution >= 0.6 is 11.6 Å². The van der Waals surface area contributed by atoms with Crippen LogP contribution < -0.4 is 20.1 Å². The lowest BCUT2D eigenvalue weighted by atomic mass is 10.2. The Morgan fingerprint density at radius 3 is 2.55 bits per heavy atom. The second-order valence-electron chi connectivity index (χ2n) is 4.79. The van der Waals surface area contributed by atoms with Gasteiger partial charge < -0.3 is 20.1 Å². The molecule has 0 unspecified atom stereocenters. The van der Waals surface area contributed by atoms with Crippen molar-refractivity contribution >= 4 is 23.3 Å². The molecule has 114 valence electrons. The minimum absolute atomic E-state index is 0.280. The van der Waals surface area contributed by atoms with Crippen molar-refractivity contribution in [1.82, 2.24) is 5.32 Å². The van der Waals surface area contributed by atoms with Crippen molar-refractivity contribution < 1.29 is 14.3 Å². The first-order valence-electron chi connectivity index (χ1n) is 6.90. The van der Waals surface area contributed by atoms with Crippen LogP contribution in [0.3, 0.4) is 0 Å². The molecule has 1 aliphatic heterocycles. The van der Waals surface area contributed by atoms with Gasteiger partial charge in [0.2, 0.25) is 0 Å². The van der Waals surface area contributed by atoms with Crippen LogP contribution in [-0.2, 0) is 6.54 Å². The average Bonchev–Trinajstić information content (AvgIpc) is 2.55. The number of carbonyl (C=O) groups excluding carboxylic acids is 1. The summed E-state index contributed by atoms with van der Waals surface area (Å²) in [7, 11) is 0. The highest BCUT2D eigenvalue weighted by atomic mass is 35.5. The smallest absolute Gasteiger partial charge is 0.319 e. The van der Waals surface area contributed by atoms with Gasteiger partial charge in [-0.15, -0.1) is 0 Å². The lowest BCUT2D eigenvalue weighted by Gasteiger charge is -2.19. The summed E-state index contributed by atoms with van der Waals surface area (Å²) in [6.45, 7) is 1.51. The third-order valence-corrected chi connectivity index (χ3v) is 3.41. The molecule has 0 aliphatic carbocycles. The molecule has 2 aromatic rings. The summed E-state index contributed by atoms with van der Waals surface area (Å²) in [5.74, 6) is 1.45. The summed E-state index contributed by atoms with van der Waals surface area (Å²) in [4.78, 5) is 11.8. The number of hydrogen-bond acceptors (Lipinski definition) is 3. The Balaban J connectivity index is 1.55. The Morgan fingerprint density at radius 1 is 1.05 bits per heavy atom. The fraction of sp³-hybridized carbons (Fsp3) is 0.188. The molecule has 5 nitrogen and oxygen atoms in total. The van der Waals surface area contributed by atoms with Crippen LogP contribution in [0.25, 0.3) is 0 Å². The van der Waals surface area contributed by atoms with E-state index in [9.17, 15) is 4.79 Å². The van der Waals surface area contributed by atoms with Crippen LogP contribution in [0.5, 0.6) is 11.5 Å². The van der Waals surface area contributed by atoms with Crippen molar-refractivity contribution in [3.05, 3.63) is 53.1 Å². The highest BCUT2D eigenvalue weighted by molar-refractivity contribution is 6.30. The van der Waals surface area contributed by atoms with Gasteiger partial charge in [0, 0.05) is 17.3 Å². The fourth-order valence-electron chi connectivity index (χ4n) is 2.09. The standard InChI is InChI=1S/C16H15ClN2O3/c17-12-2-4-13(5-3-12)19-16(20)18-10-11-1-6-14-15(9-11)22-8-7-21-14/h1-6,9H,7-8,10H2,(H2,18,19,20). The van der Waals surface area contributed by atoms with Crippen LogP contribution in [0, 0.1) is 0 Å². The summed E-state index contributed by atoms with van der Waals surface area (Å²) >= 11 is 5.80. The lowest BCUT2D eigenvalue weighted by molar-refractivity contribution is 0.171.